The molecule has 0 N–H and O–H groups in total. The molecule has 2 aromatic heterocycles. The minimum atomic E-state index is -0.00573. The molecule has 1 aliphatic heterocycles. The number of piperidine rings is 1. The number of rotatable bonds is 5. The zero-order valence-corrected chi connectivity index (χ0v) is 16.0. The highest BCUT2D eigenvalue weighted by Gasteiger charge is 2.31. The van der Waals surface area contributed by atoms with Crippen molar-refractivity contribution < 1.29 is 4.79 Å². The summed E-state index contributed by atoms with van der Waals surface area (Å²) >= 11 is 1.63. The van der Waals surface area contributed by atoms with Gasteiger partial charge >= 0.3 is 0 Å². The van der Waals surface area contributed by atoms with Crippen LogP contribution in [0.1, 0.15) is 79.3 Å². The Labute approximate surface area is 158 Å². The zero-order chi connectivity index (χ0) is 17.8. The summed E-state index contributed by atoms with van der Waals surface area (Å²) in [6.45, 7) is 1.64. The molecule has 1 amide bonds. The summed E-state index contributed by atoms with van der Waals surface area (Å²) in [7, 11) is 0. The second-order valence-electron chi connectivity index (χ2n) is 7.54. The normalized spacial score (nSPS) is 21.8. The lowest BCUT2D eigenvalue weighted by Gasteiger charge is -2.33. The first-order valence-corrected chi connectivity index (χ1v) is 10.8. The number of carbonyl (C=O) groups is 1. The second-order valence-corrected chi connectivity index (χ2v) is 8.47. The van der Waals surface area contributed by atoms with Crippen molar-refractivity contribution in [2.75, 3.05) is 6.54 Å². The van der Waals surface area contributed by atoms with E-state index in [0.717, 1.165) is 49.7 Å². The predicted molar refractivity (Wildman–Crippen MR) is 101 cm³/mol. The molecule has 1 saturated heterocycles. The van der Waals surface area contributed by atoms with Gasteiger partial charge in [0.25, 0.3) is 5.91 Å². The number of nitrogens with zero attached hydrogens (tertiary/aromatic N) is 5. The van der Waals surface area contributed by atoms with E-state index in [2.05, 4.69) is 15.3 Å². The molecule has 1 saturated carbocycles. The number of aromatic nitrogens is 4. The van der Waals surface area contributed by atoms with Gasteiger partial charge in [-0.15, -0.1) is 16.4 Å². The smallest absolute Gasteiger partial charge is 0.276 e. The number of hydrogen-bond acceptors (Lipinski definition) is 5. The van der Waals surface area contributed by atoms with Gasteiger partial charge in [0.1, 0.15) is 5.01 Å². The van der Waals surface area contributed by atoms with E-state index in [4.69, 9.17) is 0 Å². The second kappa shape index (κ2) is 8.29. The van der Waals surface area contributed by atoms with E-state index >= 15 is 0 Å². The molecule has 0 spiro atoms. The lowest BCUT2D eigenvalue weighted by atomic mass is 9.87. The molecule has 6 nitrogen and oxygen atoms in total. The average Bonchev–Trinajstić information content (AvgIpc) is 3.39. The van der Waals surface area contributed by atoms with Crippen LogP contribution >= 0.6 is 11.3 Å². The van der Waals surface area contributed by atoms with E-state index in [1.807, 2.05) is 27.4 Å². The molecule has 0 aromatic carbocycles. The molecule has 7 heteroatoms. The van der Waals surface area contributed by atoms with Gasteiger partial charge in [0.2, 0.25) is 0 Å². The highest BCUT2D eigenvalue weighted by atomic mass is 32.1. The Morgan fingerprint density at radius 3 is 2.81 bits per heavy atom. The summed E-state index contributed by atoms with van der Waals surface area (Å²) in [4.78, 5) is 19.4. The van der Waals surface area contributed by atoms with E-state index < -0.39 is 0 Å². The van der Waals surface area contributed by atoms with Gasteiger partial charge in [-0.3, -0.25) is 9.48 Å². The molecular formula is C19H27N5OS. The molecular weight excluding hydrogens is 346 g/mol. The molecule has 26 heavy (non-hydrogen) atoms. The monoisotopic (exact) mass is 373 g/mol. The molecule has 2 fully saturated rings. The summed E-state index contributed by atoms with van der Waals surface area (Å²) in [5.74, 6) is 0.803. The molecule has 140 valence electrons. The van der Waals surface area contributed by atoms with Crippen molar-refractivity contribution in [3.8, 4) is 0 Å². The number of carbonyl (C=O) groups excluding carboxylic acids is 1. The Morgan fingerprint density at radius 1 is 1.15 bits per heavy atom. The van der Waals surface area contributed by atoms with E-state index in [9.17, 15) is 4.79 Å². The van der Waals surface area contributed by atoms with Crippen molar-refractivity contribution in [2.45, 2.75) is 70.4 Å². The zero-order valence-electron chi connectivity index (χ0n) is 15.2. The highest BCUT2D eigenvalue weighted by molar-refractivity contribution is 7.09. The van der Waals surface area contributed by atoms with E-state index in [-0.39, 0.29) is 11.9 Å². The lowest BCUT2D eigenvalue weighted by molar-refractivity contribution is 0.0605. The first-order valence-electron chi connectivity index (χ1n) is 9.92. The van der Waals surface area contributed by atoms with Gasteiger partial charge in [-0.2, -0.15) is 0 Å². The third kappa shape index (κ3) is 3.98. The van der Waals surface area contributed by atoms with Gasteiger partial charge in [-0.05, 0) is 31.6 Å². The molecule has 0 bridgehead atoms. The molecule has 3 heterocycles. The number of likely N-dealkylation sites (tertiary alicyclic amines) is 1. The van der Waals surface area contributed by atoms with Gasteiger partial charge in [0.15, 0.2) is 5.69 Å². The number of amides is 1. The molecule has 4 rings (SSSR count). The first-order chi connectivity index (χ1) is 12.8. The van der Waals surface area contributed by atoms with Gasteiger partial charge in [-0.1, -0.05) is 37.3 Å². The molecule has 2 aromatic rings. The van der Waals surface area contributed by atoms with Crippen LogP contribution in [0.2, 0.25) is 0 Å². The fourth-order valence-electron chi connectivity index (χ4n) is 4.27. The van der Waals surface area contributed by atoms with Crippen molar-refractivity contribution in [3.05, 3.63) is 28.5 Å². The number of thiazole rings is 1. The quantitative estimate of drug-likeness (QED) is 0.792. The molecule has 0 radical (unpaired) electrons. The maximum absolute atomic E-state index is 13.0. The van der Waals surface area contributed by atoms with E-state index in [1.54, 1.807) is 11.3 Å². The third-order valence-corrected chi connectivity index (χ3v) is 6.63. The Balaban J connectivity index is 1.40. The van der Waals surface area contributed by atoms with Gasteiger partial charge in [0, 0.05) is 24.7 Å². The van der Waals surface area contributed by atoms with Crippen molar-refractivity contribution in [1.82, 2.24) is 24.9 Å². The summed E-state index contributed by atoms with van der Waals surface area (Å²) in [6, 6.07) is 0.0867. The van der Waals surface area contributed by atoms with Crippen molar-refractivity contribution in [2.24, 2.45) is 5.92 Å². The van der Waals surface area contributed by atoms with Crippen molar-refractivity contribution in [3.63, 3.8) is 0 Å². The maximum atomic E-state index is 13.0. The van der Waals surface area contributed by atoms with Crippen LogP contribution in [0.3, 0.4) is 0 Å². The van der Waals surface area contributed by atoms with Gasteiger partial charge in [-0.25, -0.2) is 4.98 Å². The Hall–Kier alpha value is -1.76. The number of aryl methyl sites for hydroxylation is 1. The third-order valence-electron chi connectivity index (χ3n) is 5.75. The Morgan fingerprint density at radius 2 is 2.00 bits per heavy atom. The molecule has 2 aliphatic rings. The van der Waals surface area contributed by atoms with Crippen LogP contribution in [0.25, 0.3) is 0 Å². The Kier molecular flexibility index (Phi) is 5.62. The minimum Gasteiger partial charge on any atom is -0.328 e. The van der Waals surface area contributed by atoms with Crippen LogP contribution in [0, 0.1) is 5.92 Å². The highest BCUT2D eigenvalue weighted by Crippen LogP contribution is 2.33. The van der Waals surface area contributed by atoms with Crippen molar-refractivity contribution >= 4 is 17.2 Å². The van der Waals surface area contributed by atoms with Crippen molar-refractivity contribution in [1.29, 1.82) is 0 Å². The average molecular weight is 374 g/mol. The van der Waals surface area contributed by atoms with Crippen LogP contribution in [0.15, 0.2) is 17.8 Å². The van der Waals surface area contributed by atoms with Crippen LogP contribution in [-0.4, -0.2) is 37.3 Å². The standard InChI is InChI=1S/C19H27N5OS/c25-19(24-11-5-4-8-17(24)18-20-10-13-26-18)16-14-23(22-21-16)12-9-15-6-2-1-3-7-15/h10,13-15,17H,1-9,11-12H2/t17-/m1/s1. The first kappa shape index (κ1) is 17.6. The van der Waals surface area contributed by atoms with Crippen LogP contribution in [0.4, 0.5) is 0 Å². The largest absolute Gasteiger partial charge is 0.328 e. The number of hydrogen-bond donors (Lipinski definition) is 0. The summed E-state index contributed by atoms with van der Waals surface area (Å²) in [5.41, 5.74) is 0.470. The fraction of sp³-hybridized carbons (Fsp3) is 0.684. The van der Waals surface area contributed by atoms with Crippen LogP contribution in [0.5, 0.6) is 0 Å². The SMILES string of the molecule is O=C(c1cn(CCC2CCCCC2)nn1)N1CCCC[C@@H]1c1nccs1. The minimum absolute atomic E-state index is 0.00573. The Bertz CT molecular complexity index is 707. The fourth-order valence-corrected chi connectivity index (χ4v) is 5.06. The summed E-state index contributed by atoms with van der Waals surface area (Å²) in [6.07, 6.45) is 14.7. The summed E-state index contributed by atoms with van der Waals surface area (Å²) in [5, 5.41) is 11.4. The van der Waals surface area contributed by atoms with E-state index in [0.29, 0.717) is 5.69 Å². The summed E-state index contributed by atoms with van der Waals surface area (Å²) < 4.78 is 1.85. The van der Waals surface area contributed by atoms with Gasteiger partial charge < -0.3 is 4.90 Å². The predicted octanol–water partition coefficient (Wildman–Crippen LogP) is 4.07. The topological polar surface area (TPSA) is 63.9 Å². The molecule has 1 atom stereocenters. The van der Waals surface area contributed by atoms with E-state index in [1.165, 1.54) is 32.1 Å². The van der Waals surface area contributed by atoms with Crippen LogP contribution in [-0.2, 0) is 6.54 Å². The maximum Gasteiger partial charge on any atom is 0.276 e. The van der Waals surface area contributed by atoms with Crippen LogP contribution < -0.4 is 0 Å². The molecule has 0 unspecified atom stereocenters. The molecule has 1 aliphatic carbocycles. The lowest BCUT2D eigenvalue weighted by Crippen LogP contribution is -2.38. The van der Waals surface area contributed by atoms with Gasteiger partial charge in [0.05, 0.1) is 12.2 Å².